The summed E-state index contributed by atoms with van der Waals surface area (Å²) in [5.74, 6) is 0.292. The van der Waals surface area contributed by atoms with Crippen LogP contribution in [0.2, 0.25) is 0 Å². The fraction of sp³-hybridized carbons (Fsp3) is 0.857. The number of hydrogen-bond donors (Lipinski definition) is 0. The van der Waals surface area contributed by atoms with Gasteiger partial charge in [-0.1, -0.05) is 6.92 Å². The van der Waals surface area contributed by atoms with Crippen molar-refractivity contribution in [2.45, 2.75) is 19.8 Å². The van der Waals surface area contributed by atoms with Crippen LogP contribution in [0.25, 0.3) is 0 Å². The highest BCUT2D eigenvalue weighted by Gasteiger charge is 2.26. The molecular weight excluding hydrogens is 147 g/mol. The topological polar surface area (TPSA) is 34.1 Å². The quantitative estimate of drug-likeness (QED) is 0.547. The van der Waals surface area contributed by atoms with Crippen LogP contribution in [0.1, 0.15) is 19.8 Å². The number of carbonyl (C=O) groups excluding carboxylic acids is 1. The molecular formula is C7H13O2P. The molecule has 0 aliphatic carbocycles. The van der Waals surface area contributed by atoms with E-state index in [-0.39, 0.29) is 0 Å². The molecule has 0 aromatic carbocycles. The number of carbonyl (C=O) groups is 1. The van der Waals surface area contributed by atoms with Crippen molar-refractivity contribution in [1.29, 1.82) is 0 Å². The summed E-state index contributed by atoms with van der Waals surface area (Å²) in [5.41, 5.74) is 0. The van der Waals surface area contributed by atoms with Gasteiger partial charge in [-0.15, -0.1) is 0 Å². The van der Waals surface area contributed by atoms with E-state index >= 15 is 0 Å². The Morgan fingerprint density at radius 1 is 1.40 bits per heavy atom. The molecule has 2 nitrogen and oxygen atoms in total. The van der Waals surface area contributed by atoms with Gasteiger partial charge in [0.1, 0.15) is 5.78 Å². The van der Waals surface area contributed by atoms with Gasteiger partial charge in [-0.3, -0.25) is 4.79 Å². The standard InChI is InChI=1S/C7H13O2P/c1-2-10(9)5-3-7(8)4-6-10/h2-6H2,1H3. The predicted octanol–water partition coefficient (Wildman–Crippen LogP) is 1.73. The zero-order chi connectivity index (χ0) is 7.61. The van der Waals surface area contributed by atoms with Crippen molar-refractivity contribution in [3.63, 3.8) is 0 Å². The van der Waals surface area contributed by atoms with Crippen LogP contribution in [0.15, 0.2) is 0 Å². The van der Waals surface area contributed by atoms with Crippen molar-refractivity contribution in [2.75, 3.05) is 18.5 Å². The third-order valence-electron chi connectivity index (χ3n) is 2.17. The minimum Gasteiger partial charge on any atom is -0.324 e. The summed E-state index contributed by atoms with van der Waals surface area (Å²) in [6, 6.07) is 0. The van der Waals surface area contributed by atoms with Gasteiger partial charge in [-0.25, -0.2) is 0 Å². The molecule has 58 valence electrons. The highest BCUT2D eigenvalue weighted by molar-refractivity contribution is 7.64. The summed E-state index contributed by atoms with van der Waals surface area (Å²) in [5, 5.41) is 0. The monoisotopic (exact) mass is 160 g/mol. The highest BCUT2D eigenvalue weighted by atomic mass is 31.2. The number of ketones is 1. The number of Topliss-reactive ketones (excluding diaryl/α,β-unsaturated/α-hetero) is 1. The number of hydrogen-bond acceptors (Lipinski definition) is 2. The molecule has 1 fully saturated rings. The van der Waals surface area contributed by atoms with E-state index in [9.17, 15) is 9.36 Å². The molecule has 1 aliphatic rings. The van der Waals surface area contributed by atoms with E-state index in [1.54, 1.807) is 0 Å². The lowest BCUT2D eigenvalue weighted by Gasteiger charge is -2.19. The predicted molar refractivity (Wildman–Crippen MR) is 42.1 cm³/mol. The first-order valence-electron chi connectivity index (χ1n) is 3.75. The van der Waals surface area contributed by atoms with Gasteiger partial charge in [-0.05, 0) is 6.16 Å². The molecule has 1 rings (SSSR count). The zero-order valence-electron chi connectivity index (χ0n) is 6.30. The van der Waals surface area contributed by atoms with Crippen molar-refractivity contribution in [3.8, 4) is 0 Å². The lowest BCUT2D eigenvalue weighted by molar-refractivity contribution is -0.118. The molecule has 0 aromatic heterocycles. The molecule has 0 amide bonds. The highest BCUT2D eigenvalue weighted by Crippen LogP contribution is 2.48. The van der Waals surface area contributed by atoms with Crippen molar-refractivity contribution >= 4 is 12.9 Å². The molecule has 0 saturated carbocycles. The smallest absolute Gasteiger partial charge is 0.133 e. The summed E-state index contributed by atoms with van der Waals surface area (Å²) >= 11 is 0. The summed E-state index contributed by atoms with van der Waals surface area (Å²) in [6.45, 7) is 1.95. The van der Waals surface area contributed by atoms with Crippen LogP contribution in [0, 0.1) is 0 Å². The first-order valence-corrected chi connectivity index (χ1v) is 6.01. The minimum atomic E-state index is -1.85. The number of rotatable bonds is 1. The average molecular weight is 160 g/mol. The Labute approximate surface area is 61.4 Å². The maximum atomic E-state index is 11.6. The van der Waals surface area contributed by atoms with E-state index in [4.69, 9.17) is 0 Å². The van der Waals surface area contributed by atoms with Gasteiger partial charge in [-0.2, -0.15) is 0 Å². The van der Waals surface area contributed by atoms with Crippen molar-refractivity contribution in [3.05, 3.63) is 0 Å². The van der Waals surface area contributed by atoms with E-state index in [1.807, 2.05) is 6.92 Å². The molecule has 1 heterocycles. The van der Waals surface area contributed by atoms with Crippen LogP contribution in [-0.4, -0.2) is 24.3 Å². The van der Waals surface area contributed by atoms with Gasteiger partial charge >= 0.3 is 0 Å². The SMILES string of the molecule is CCP1(=O)CCC(=O)CC1. The first-order chi connectivity index (χ1) is 4.66. The van der Waals surface area contributed by atoms with Crippen LogP contribution in [0.5, 0.6) is 0 Å². The van der Waals surface area contributed by atoms with Crippen LogP contribution in [0.3, 0.4) is 0 Å². The van der Waals surface area contributed by atoms with Gasteiger partial charge in [0.15, 0.2) is 0 Å². The fourth-order valence-electron chi connectivity index (χ4n) is 1.21. The molecule has 1 saturated heterocycles. The molecule has 3 heteroatoms. The Balaban J connectivity index is 2.54. The molecule has 0 atom stereocenters. The second-order valence-corrected chi connectivity index (χ2v) is 6.50. The van der Waals surface area contributed by atoms with E-state index in [1.165, 1.54) is 0 Å². The Morgan fingerprint density at radius 2 is 1.90 bits per heavy atom. The summed E-state index contributed by atoms with van der Waals surface area (Å²) in [4.78, 5) is 10.7. The minimum absolute atomic E-state index is 0.292. The van der Waals surface area contributed by atoms with E-state index in [0.717, 1.165) is 6.16 Å². The van der Waals surface area contributed by atoms with Crippen LogP contribution in [0.4, 0.5) is 0 Å². The summed E-state index contributed by atoms with van der Waals surface area (Å²) < 4.78 is 11.6. The van der Waals surface area contributed by atoms with Crippen molar-refractivity contribution in [2.24, 2.45) is 0 Å². The molecule has 0 radical (unpaired) electrons. The molecule has 0 bridgehead atoms. The Bertz CT molecular complexity index is 172. The Kier molecular flexibility index (Phi) is 2.30. The molecule has 0 spiro atoms. The van der Waals surface area contributed by atoms with E-state index < -0.39 is 7.14 Å². The third kappa shape index (κ3) is 1.69. The Morgan fingerprint density at radius 3 is 2.30 bits per heavy atom. The lowest BCUT2D eigenvalue weighted by atomic mass is 10.2. The maximum Gasteiger partial charge on any atom is 0.133 e. The second-order valence-electron chi connectivity index (χ2n) is 2.86. The van der Waals surface area contributed by atoms with Gasteiger partial charge in [0.05, 0.1) is 7.14 Å². The average Bonchev–Trinajstić information content (AvgIpc) is 1.96. The van der Waals surface area contributed by atoms with Crippen LogP contribution in [-0.2, 0) is 9.36 Å². The largest absolute Gasteiger partial charge is 0.324 e. The molecule has 10 heavy (non-hydrogen) atoms. The van der Waals surface area contributed by atoms with E-state index in [2.05, 4.69) is 0 Å². The van der Waals surface area contributed by atoms with Gasteiger partial charge < -0.3 is 4.57 Å². The molecule has 0 aromatic rings. The van der Waals surface area contributed by atoms with Crippen LogP contribution < -0.4 is 0 Å². The molecule has 0 unspecified atom stereocenters. The van der Waals surface area contributed by atoms with E-state index in [0.29, 0.717) is 30.9 Å². The summed E-state index contributed by atoms with van der Waals surface area (Å²) in [6.07, 6.45) is 3.24. The molecule has 0 N–H and O–H groups in total. The zero-order valence-corrected chi connectivity index (χ0v) is 7.19. The normalized spacial score (nSPS) is 24.7. The van der Waals surface area contributed by atoms with Crippen molar-refractivity contribution in [1.82, 2.24) is 0 Å². The lowest BCUT2D eigenvalue weighted by Crippen LogP contribution is -2.13. The third-order valence-corrected chi connectivity index (χ3v) is 5.40. The van der Waals surface area contributed by atoms with Gasteiger partial charge in [0, 0.05) is 25.2 Å². The van der Waals surface area contributed by atoms with Crippen LogP contribution >= 0.6 is 7.14 Å². The van der Waals surface area contributed by atoms with Crippen molar-refractivity contribution < 1.29 is 9.36 Å². The Hall–Kier alpha value is -0.100. The van der Waals surface area contributed by atoms with Gasteiger partial charge in [0.25, 0.3) is 0 Å². The first kappa shape index (κ1) is 8.00. The van der Waals surface area contributed by atoms with Gasteiger partial charge in [0.2, 0.25) is 0 Å². The second kappa shape index (κ2) is 2.87. The fourth-order valence-corrected chi connectivity index (χ4v) is 3.38. The summed E-state index contributed by atoms with van der Waals surface area (Å²) in [7, 11) is -1.85. The maximum absolute atomic E-state index is 11.6. The molecule has 1 aliphatic heterocycles.